The molecule has 0 heterocycles. The number of amides is 1. The monoisotopic (exact) mass is 339 g/mol. The summed E-state index contributed by atoms with van der Waals surface area (Å²) in [4.78, 5) is 24.1. The second kappa shape index (κ2) is 6.66. The number of quaternary nitrogens is 1. The zero-order chi connectivity index (χ0) is 18.2. The van der Waals surface area contributed by atoms with Gasteiger partial charge in [-0.15, -0.1) is 0 Å². The molecule has 2 aliphatic rings. The maximum Gasteiger partial charge on any atom is 0.361 e. The minimum absolute atomic E-state index is 0.111. The van der Waals surface area contributed by atoms with Gasteiger partial charge < -0.3 is 14.5 Å². The van der Waals surface area contributed by atoms with Crippen molar-refractivity contribution < 1.29 is 18.8 Å². The second-order valence-electron chi connectivity index (χ2n) is 9.10. The van der Waals surface area contributed by atoms with Crippen molar-refractivity contribution in [2.24, 2.45) is 16.7 Å². The largest absolute Gasteiger partial charge is 0.462 e. The lowest BCUT2D eigenvalue weighted by molar-refractivity contribution is -0.882. The highest BCUT2D eigenvalue weighted by Gasteiger charge is 2.61. The van der Waals surface area contributed by atoms with Crippen molar-refractivity contribution in [1.82, 2.24) is 5.32 Å². The fourth-order valence-corrected chi connectivity index (χ4v) is 4.73. The molecule has 2 bridgehead atoms. The van der Waals surface area contributed by atoms with E-state index in [0.29, 0.717) is 42.1 Å². The fourth-order valence-electron chi connectivity index (χ4n) is 4.73. The molecule has 2 aliphatic carbocycles. The standard InChI is InChI=1S/C19H34N2O3/c1-7-24-17(23)13-21(5,6)11-9-16(22)20-15-12-14-8-10-19(15,4)18(14,2)3/h14-15H,7-13H2,1-6H3/p+1/t14-,15+,19-/m1/s1. The molecule has 5 heteroatoms. The van der Waals surface area contributed by atoms with E-state index in [2.05, 4.69) is 26.1 Å². The first-order valence-electron chi connectivity index (χ1n) is 9.29. The van der Waals surface area contributed by atoms with Gasteiger partial charge in [-0.05, 0) is 42.9 Å². The molecule has 3 atom stereocenters. The van der Waals surface area contributed by atoms with Crippen molar-refractivity contribution in [3.8, 4) is 0 Å². The molecule has 138 valence electrons. The van der Waals surface area contributed by atoms with Gasteiger partial charge in [-0.2, -0.15) is 0 Å². The summed E-state index contributed by atoms with van der Waals surface area (Å²) in [6.07, 6.45) is 4.06. The molecule has 0 aromatic rings. The Hall–Kier alpha value is -1.10. The minimum atomic E-state index is -0.203. The van der Waals surface area contributed by atoms with E-state index in [1.54, 1.807) is 0 Å². The third kappa shape index (κ3) is 3.61. The number of likely N-dealkylation sites (N-methyl/N-ethyl adjacent to an activating group) is 1. The number of fused-ring (bicyclic) bond motifs is 2. The minimum Gasteiger partial charge on any atom is -0.462 e. The number of nitrogens with one attached hydrogen (secondary N) is 1. The molecule has 0 aromatic heterocycles. The van der Waals surface area contributed by atoms with Crippen LogP contribution in [0.3, 0.4) is 0 Å². The lowest BCUT2D eigenvalue weighted by Gasteiger charge is -2.39. The zero-order valence-corrected chi connectivity index (χ0v) is 16.3. The van der Waals surface area contributed by atoms with Crippen LogP contribution in [0, 0.1) is 16.7 Å². The molecule has 5 nitrogen and oxygen atoms in total. The Labute approximate surface area is 146 Å². The molecule has 0 aliphatic heterocycles. The molecular weight excluding hydrogens is 304 g/mol. The number of hydrogen-bond acceptors (Lipinski definition) is 3. The highest BCUT2D eigenvalue weighted by atomic mass is 16.5. The number of ether oxygens (including phenoxy) is 1. The predicted octanol–water partition coefficient (Wildman–Crippen LogP) is 2.35. The maximum atomic E-state index is 12.4. The van der Waals surface area contributed by atoms with Gasteiger partial charge in [0.15, 0.2) is 6.54 Å². The van der Waals surface area contributed by atoms with Gasteiger partial charge in [0.2, 0.25) is 5.91 Å². The van der Waals surface area contributed by atoms with Crippen LogP contribution in [0.15, 0.2) is 0 Å². The lowest BCUT2D eigenvalue weighted by atomic mass is 9.69. The van der Waals surface area contributed by atoms with Gasteiger partial charge in [0, 0.05) is 6.04 Å². The first-order chi connectivity index (χ1) is 11.0. The Bertz CT molecular complexity index is 501. The molecule has 0 radical (unpaired) electrons. The SMILES string of the molecule is CCOC(=O)C[N+](C)(C)CCC(=O)N[C@H]1C[C@H]2CC[C@@]1(C)C2(C)C. The van der Waals surface area contributed by atoms with E-state index in [-0.39, 0.29) is 17.3 Å². The smallest absolute Gasteiger partial charge is 0.361 e. The van der Waals surface area contributed by atoms with Gasteiger partial charge in [0.05, 0.1) is 33.7 Å². The second-order valence-corrected chi connectivity index (χ2v) is 9.10. The van der Waals surface area contributed by atoms with Gasteiger partial charge >= 0.3 is 5.97 Å². The van der Waals surface area contributed by atoms with Gasteiger partial charge in [-0.25, -0.2) is 4.79 Å². The Balaban J connectivity index is 1.83. The van der Waals surface area contributed by atoms with E-state index in [1.165, 1.54) is 12.8 Å². The van der Waals surface area contributed by atoms with Crippen molar-refractivity contribution in [3.05, 3.63) is 0 Å². The zero-order valence-electron chi connectivity index (χ0n) is 16.3. The highest BCUT2D eigenvalue weighted by molar-refractivity contribution is 5.76. The number of carbonyl (C=O) groups is 2. The van der Waals surface area contributed by atoms with Gasteiger partial charge in [0.25, 0.3) is 0 Å². The predicted molar refractivity (Wildman–Crippen MR) is 94.3 cm³/mol. The number of carbonyl (C=O) groups excluding carboxylic acids is 2. The van der Waals surface area contributed by atoms with Crippen LogP contribution in [0.25, 0.3) is 0 Å². The summed E-state index contributed by atoms with van der Waals surface area (Å²) in [5.41, 5.74) is 0.521. The van der Waals surface area contributed by atoms with Crippen molar-refractivity contribution in [2.75, 3.05) is 33.8 Å². The summed E-state index contributed by atoms with van der Waals surface area (Å²) in [7, 11) is 3.93. The molecule has 0 saturated heterocycles. The number of rotatable bonds is 7. The van der Waals surface area contributed by atoms with E-state index in [1.807, 2.05) is 21.0 Å². The molecule has 0 spiro atoms. The fraction of sp³-hybridized carbons (Fsp3) is 0.895. The van der Waals surface area contributed by atoms with Crippen molar-refractivity contribution in [3.63, 3.8) is 0 Å². The van der Waals surface area contributed by atoms with Gasteiger partial charge in [-0.3, -0.25) is 4.79 Å². The summed E-state index contributed by atoms with van der Waals surface area (Å²) in [6, 6.07) is 0.291. The molecule has 2 rings (SSSR count). The third-order valence-electron chi connectivity index (χ3n) is 6.94. The summed E-state index contributed by atoms with van der Waals surface area (Å²) < 4.78 is 5.48. The molecular formula is C19H35N2O3+. The Morgan fingerprint density at radius 3 is 2.42 bits per heavy atom. The number of esters is 1. The van der Waals surface area contributed by atoms with Crippen LogP contribution in [0.5, 0.6) is 0 Å². The van der Waals surface area contributed by atoms with Gasteiger partial charge in [-0.1, -0.05) is 20.8 Å². The Morgan fingerprint density at radius 2 is 1.92 bits per heavy atom. The van der Waals surface area contributed by atoms with Crippen LogP contribution in [-0.4, -0.2) is 56.2 Å². The summed E-state index contributed by atoms with van der Waals surface area (Å²) >= 11 is 0. The highest BCUT2D eigenvalue weighted by Crippen LogP contribution is 2.65. The van der Waals surface area contributed by atoms with E-state index in [0.717, 1.165) is 12.3 Å². The van der Waals surface area contributed by atoms with Crippen molar-refractivity contribution >= 4 is 11.9 Å². The first-order valence-corrected chi connectivity index (χ1v) is 9.29. The molecule has 2 saturated carbocycles. The summed E-state index contributed by atoms with van der Waals surface area (Å²) in [5.74, 6) is 0.633. The maximum absolute atomic E-state index is 12.4. The average molecular weight is 340 g/mol. The number of hydrogen-bond donors (Lipinski definition) is 1. The summed E-state index contributed by atoms with van der Waals surface area (Å²) in [5, 5.41) is 3.29. The quantitative estimate of drug-likeness (QED) is 0.572. The van der Waals surface area contributed by atoms with Crippen molar-refractivity contribution in [2.45, 2.75) is 59.4 Å². The van der Waals surface area contributed by atoms with E-state index in [4.69, 9.17) is 4.74 Å². The molecule has 24 heavy (non-hydrogen) atoms. The normalized spacial score (nSPS) is 31.1. The lowest BCUT2D eigenvalue weighted by Crippen LogP contribution is -2.49. The van der Waals surface area contributed by atoms with Crippen LogP contribution in [-0.2, 0) is 14.3 Å². The molecule has 1 N–H and O–H groups in total. The van der Waals surface area contributed by atoms with Crippen LogP contribution < -0.4 is 5.32 Å². The van der Waals surface area contributed by atoms with E-state index in [9.17, 15) is 9.59 Å². The van der Waals surface area contributed by atoms with Crippen LogP contribution >= 0.6 is 0 Å². The molecule has 0 aromatic carbocycles. The first kappa shape index (κ1) is 19.2. The molecule has 2 fully saturated rings. The van der Waals surface area contributed by atoms with Gasteiger partial charge in [0.1, 0.15) is 0 Å². The number of nitrogens with zero attached hydrogens (tertiary/aromatic N) is 1. The molecule has 0 unspecified atom stereocenters. The topological polar surface area (TPSA) is 55.4 Å². The van der Waals surface area contributed by atoms with E-state index >= 15 is 0 Å². The van der Waals surface area contributed by atoms with Crippen LogP contribution in [0.1, 0.15) is 53.4 Å². The Morgan fingerprint density at radius 1 is 1.25 bits per heavy atom. The van der Waals surface area contributed by atoms with Crippen LogP contribution in [0.2, 0.25) is 0 Å². The summed E-state index contributed by atoms with van der Waals surface area (Å²) in [6.45, 7) is 10.2. The Kier molecular flexibility index (Phi) is 5.34. The molecule has 1 amide bonds. The van der Waals surface area contributed by atoms with Crippen LogP contribution in [0.4, 0.5) is 0 Å². The van der Waals surface area contributed by atoms with E-state index < -0.39 is 0 Å². The average Bonchev–Trinajstić information content (AvgIpc) is 2.78. The van der Waals surface area contributed by atoms with Crippen molar-refractivity contribution in [1.29, 1.82) is 0 Å². The third-order valence-corrected chi connectivity index (χ3v) is 6.94.